The number of aryl methyl sites for hydroxylation is 1. The Kier molecular flexibility index (Phi) is 7.40. The van der Waals surface area contributed by atoms with Crippen LogP contribution in [-0.2, 0) is 11.2 Å². The summed E-state index contributed by atoms with van der Waals surface area (Å²) in [5.74, 6) is -0.110. The lowest BCUT2D eigenvalue weighted by molar-refractivity contribution is -0.115. The number of carbonyl (C=O) groups is 1. The van der Waals surface area contributed by atoms with Gasteiger partial charge in [0.2, 0.25) is 11.0 Å². The Bertz CT molecular complexity index is 1290. The normalized spacial score (nSPS) is 11.0. The van der Waals surface area contributed by atoms with Crippen molar-refractivity contribution in [2.45, 2.75) is 13.3 Å². The number of aromatic nitrogens is 1. The Hall–Kier alpha value is -3.19. The number of nitrogens with zero attached hydrogens (tertiary/aromatic N) is 2. The Morgan fingerprint density at radius 2 is 1.82 bits per heavy atom. The highest BCUT2D eigenvalue weighted by Crippen LogP contribution is 2.36. The molecular weight excluding hydrogens is 475 g/mol. The van der Waals surface area contributed by atoms with Crippen molar-refractivity contribution in [2.75, 3.05) is 10.7 Å². The molecule has 1 aromatic heterocycles. The first kappa shape index (κ1) is 23.0. The lowest BCUT2D eigenvalue weighted by Crippen LogP contribution is -2.14. The van der Waals surface area contributed by atoms with Gasteiger partial charge in [0.05, 0.1) is 17.7 Å². The second kappa shape index (κ2) is 10.6. The zero-order valence-corrected chi connectivity index (χ0v) is 20.0. The summed E-state index contributed by atoms with van der Waals surface area (Å²) in [6, 6.07) is 22.8. The molecule has 0 saturated heterocycles. The van der Waals surface area contributed by atoms with E-state index in [4.69, 9.17) is 23.2 Å². The summed E-state index contributed by atoms with van der Waals surface area (Å²) >= 11 is 13.5. The quantitative estimate of drug-likeness (QED) is 0.213. The van der Waals surface area contributed by atoms with Crippen LogP contribution in [0.2, 0.25) is 10.0 Å². The maximum absolute atomic E-state index is 12.7. The third-order valence-corrected chi connectivity index (χ3v) is 6.18. The molecule has 0 radical (unpaired) electrons. The van der Waals surface area contributed by atoms with Crippen LogP contribution in [0.15, 0.2) is 77.9 Å². The summed E-state index contributed by atoms with van der Waals surface area (Å²) in [6.45, 7) is 2.02. The van der Waals surface area contributed by atoms with Gasteiger partial charge in [0.25, 0.3) is 0 Å². The van der Waals surface area contributed by atoms with E-state index < -0.39 is 0 Å². The summed E-state index contributed by atoms with van der Waals surface area (Å²) in [5, 5.41) is 9.51. The molecule has 8 heteroatoms. The number of hydrogen-bond acceptors (Lipinski definition) is 5. The highest BCUT2D eigenvalue weighted by atomic mass is 35.5. The van der Waals surface area contributed by atoms with Crippen molar-refractivity contribution < 1.29 is 4.79 Å². The number of hydrazone groups is 1. The maximum atomic E-state index is 12.7. The Balaban J connectivity index is 1.55. The summed E-state index contributed by atoms with van der Waals surface area (Å²) in [6.07, 6.45) is 1.88. The second-order valence-corrected chi connectivity index (χ2v) is 9.15. The maximum Gasteiger partial charge on any atom is 0.229 e. The van der Waals surface area contributed by atoms with Crippen LogP contribution < -0.4 is 10.7 Å². The summed E-state index contributed by atoms with van der Waals surface area (Å²) in [7, 11) is 0. The van der Waals surface area contributed by atoms with Crippen LogP contribution in [-0.4, -0.2) is 17.1 Å². The molecule has 0 bridgehead atoms. The van der Waals surface area contributed by atoms with Crippen LogP contribution in [0, 0.1) is 6.92 Å². The minimum absolute atomic E-state index is 0.110. The van der Waals surface area contributed by atoms with Gasteiger partial charge < -0.3 is 5.32 Å². The number of thiazole rings is 1. The molecular formula is C25H20Cl2N4OS. The molecule has 0 aliphatic heterocycles. The average Bonchev–Trinajstić information content (AvgIpc) is 3.18. The predicted octanol–water partition coefficient (Wildman–Crippen LogP) is 7.05. The van der Waals surface area contributed by atoms with E-state index in [1.165, 1.54) is 11.3 Å². The fourth-order valence-corrected chi connectivity index (χ4v) is 4.39. The van der Waals surface area contributed by atoms with E-state index in [9.17, 15) is 4.79 Å². The van der Waals surface area contributed by atoms with E-state index in [1.54, 1.807) is 24.4 Å². The van der Waals surface area contributed by atoms with Crippen LogP contribution in [0.5, 0.6) is 0 Å². The molecule has 0 atom stereocenters. The number of rotatable bonds is 7. The van der Waals surface area contributed by atoms with Crippen LogP contribution >= 0.6 is 34.5 Å². The molecule has 0 unspecified atom stereocenters. The standard InChI is InChI=1S/C25H20Cl2N4OS/c1-16-7-9-18(10-8-16)23-24(29-22(32)13-17-5-3-2-4-6-17)33-25(30-23)31-28-15-19-11-12-20(26)14-21(19)27/h2-12,14-15H,13H2,1H3,(H,29,32)(H,30,31)/b28-15+. The lowest BCUT2D eigenvalue weighted by atomic mass is 10.1. The molecule has 2 N–H and O–H groups in total. The van der Waals surface area contributed by atoms with Crippen molar-refractivity contribution in [3.05, 3.63) is 99.5 Å². The first-order valence-corrected chi connectivity index (χ1v) is 11.7. The fraction of sp³-hybridized carbons (Fsp3) is 0.0800. The predicted molar refractivity (Wildman–Crippen MR) is 139 cm³/mol. The van der Waals surface area contributed by atoms with E-state index in [-0.39, 0.29) is 12.3 Å². The van der Waals surface area contributed by atoms with Crippen LogP contribution in [0.4, 0.5) is 10.1 Å². The van der Waals surface area contributed by atoms with Crippen molar-refractivity contribution in [2.24, 2.45) is 5.10 Å². The first-order valence-electron chi connectivity index (χ1n) is 10.1. The van der Waals surface area contributed by atoms with Crippen LogP contribution in [0.1, 0.15) is 16.7 Å². The third kappa shape index (κ3) is 6.20. The largest absolute Gasteiger partial charge is 0.316 e. The third-order valence-electron chi connectivity index (χ3n) is 4.74. The monoisotopic (exact) mass is 494 g/mol. The topological polar surface area (TPSA) is 66.4 Å². The number of anilines is 2. The molecule has 5 nitrogen and oxygen atoms in total. The first-order chi connectivity index (χ1) is 16.0. The molecule has 0 fully saturated rings. The van der Waals surface area contributed by atoms with Gasteiger partial charge >= 0.3 is 0 Å². The Morgan fingerprint density at radius 3 is 2.55 bits per heavy atom. The molecule has 1 amide bonds. The highest BCUT2D eigenvalue weighted by Gasteiger charge is 2.16. The van der Waals surface area contributed by atoms with Gasteiger partial charge in [0.1, 0.15) is 10.7 Å². The molecule has 4 aromatic rings. The zero-order valence-electron chi connectivity index (χ0n) is 17.7. The second-order valence-electron chi connectivity index (χ2n) is 7.31. The fourth-order valence-electron chi connectivity index (χ4n) is 3.08. The lowest BCUT2D eigenvalue weighted by Gasteiger charge is -2.06. The van der Waals surface area contributed by atoms with Gasteiger partial charge in [0, 0.05) is 16.1 Å². The molecule has 0 aliphatic rings. The summed E-state index contributed by atoms with van der Waals surface area (Å²) < 4.78 is 0. The van der Waals surface area contributed by atoms with E-state index in [0.29, 0.717) is 25.9 Å². The Labute approximate surface area is 206 Å². The van der Waals surface area contributed by atoms with E-state index in [0.717, 1.165) is 22.3 Å². The van der Waals surface area contributed by atoms with Crippen molar-refractivity contribution in [1.29, 1.82) is 0 Å². The molecule has 4 rings (SSSR count). The molecule has 3 aromatic carbocycles. The van der Waals surface area contributed by atoms with Crippen LogP contribution in [0.25, 0.3) is 11.3 Å². The van der Waals surface area contributed by atoms with E-state index in [1.807, 2.05) is 61.5 Å². The van der Waals surface area contributed by atoms with Gasteiger partial charge in [-0.05, 0) is 24.6 Å². The van der Waals surface area contributed by atoms with Gasteiger partial charge in [-0.15, -0.1) is 0 Å². The average molecular weight is 495 g/mol. The highest BCUT2D eigenvalue weighted by molar-refractivity contribution is 7.20. The van der Waals surface area contributed by atoms with Crippen molar-refractivity contribution in [1.82, 2.24) is 4.98 Å². The smallest absolute Gasteiger partial charge is 0.229 e. The minimum atomic E-state index is -0.110. The number of benzene rings is 3. The molecule has 166 valence electrons. The van der Waals surface area contributed by atoms with Crippen molar-refractivity contribution >= 4 is 56.8 Å². The van der Waals surface area contributed by atoms with Gasteiger partial charge in [-0.2, -0.15) is 5.10 Å². The van der Waals surface area contributed by atoms with Crippen molar-refractivity contribution in [3.8, 4) is 11.3 Å². The molecule has 1 heterocycles. The summed E-state index contributed by atoms with van der Waals surface area (Å²) in [5.41, 5.74) is 7.34. The molecule has 0 spiro atoms. The molecule has 33 heavy (non-hydrogen) atoms. The number of amides is 1. The SMILES string of the molecule is Cc1ccc(-c2nc(N/N=C/c3ccc(Cl)cc3Cl)sc2NC(=O)Cc2ccccc2)cc1. The summed E-state index contributed by atoms with van der Waals surface area (Å²) in [4.78, 5) is 17.3. The van der Waals surface area contributed by atoms with E-state index >= 15 is 0 Å². The number of halogens is 2. The zero-order chi connectivity index (χ0) is 23.2. The van der Waals surface area contributed by atoms with Crippen molar-refractivity contribution in [3.63, 3.8) is 0 Å². The van der Waals surface area contributed by atoms with Gasteiger partial charge in [0.15, 0.2) is 0 Å². The number of carbonyl (C=O) groups excluding carboxylic acids is 1. The van der Waals surface area contributed by atoms with Gasteiger partial charge in [-0.3, -0.25) is 10.2 Å². The Morgan fingerprint density at radius 1 is 1.06 bits per heavy atom. The minimum Gasteiger partial charge on any atom is -0.316 e. The molecule has 0 saturated carbocycles. The van der Waals surface area contributed by atoms with E-state index in [2.05, 4.69) is 20.8 Å². The van der Waals surface area contributed by atoms with Gasteiger partial charge in [-0.1, -0.05) is 101 Å². The number of hydrogen-bond donors (Lipinski definition) is 2. The van der Waals surface area contributed by atoms with Crippen LogP contribution in [0.3, 0.4) is 0 Å². The number of nitrogens with one attached hydrogen (secondary N) is 2. The van der Waals surface area contributed by atoms with Gasteiger partial charge in [-0.25, -0.2) is 4.98 Å². The molecule has 0 aliphatic carbocycles.